The van der Waals surface area contributed by atoms with Crippen LogP contribution in [0.15, 0.2) is 47.5 Å². The van der Waals surface area contributed by atoms with Crippen LogP contribution in [0.25, 0.3) is 0 Å². The van der Waals surface area contributed by atoms with Gasteiger partial charge in [0.05, 0.1) is 17.9 Å². The summed E-state index contributed by atoms with van der Waals surface area (Å²) in [5, 5.41) is 28.1. The summed E-state index contributed by atoms with van der Waals surface area (Å²) in [5.74, 6) is 0. The van der Waals surface area contributed by atoms with E-state index in [2.05, 4.69) is 16.7 Å². The summed E-state index contributed by atoms with van der Waals surface area (Å²) in [7, 11) is 0. The van der Waals surface area contributed by atoms with E-state index in [1.807, 2.05) is 29.8 Å². The lowest BCUT2D eigenvalue weighted by Crippen LogP contribution is -2.32. The molecule has 0 aliphatic heterocycles. The molecule has 0 atom stereocenters. The highest BCUT2D eigenvalue weighted by atomic mass is 35.5. The molecule has 1 heterocycles. The molecule has 2 aromatic carbocycles. The molecule has 0 amide bonds. The molecule has 0 spiro atoms. The van der Waals surface area contributed by atoms with Gasteiger partial charge in [-0.15, -0.1) is 0 Å². The maximum absolute atomic E-state index is 11.7. The first-order chi connectivity index (χ1) is 15.3. The molecule has 0 N–H and O–H groups in total. The molecule has 168 valence electrons. The molecule has 0 saturated heterocycles. The fourth-order valence-corrected chi connectivity index (χ4v) is 4.20. The van der Waals surface area contributed by atoms with Crippen molar-refractivity contribution >= 4 is 41.1 Å². The average Bonchev–Trinajstić information content (AvgIpc) is 3.04. The third kappa shape index (κ3) is 5.81. The molecule has 9 heteroatoms. The van der Waals surface area contributed by atoms with E-state index in [9.17, 15) is 15.0 Å². The van der Waals surface area contributed by atoms with Gasteiger partial charge < -0.3 is 19.7 Å². The first-order valence-corrected chi connectivity index (χ1v) is 10.8. The third-order valence-electron chi connectivity index (χ3n) is 4.92. The van der Waals surface area contributed by atoms with Crippen molar-refractivity contribution in [1.29, 1.82) is 0 Å². The van der Waals surface area contributed by atoms with Crippen molar-refractivity contribution in [1.82, 2.24) is 9.78 Å². The fourth-order valence-electron chi connectivity index (χ4n) is 3.63. The van der Waals surface area contributed by atoms with Crippen LogP contribution in [0.4, 0.5) is 10.5 Å². The monoisotopic (exact) mass is 473 g/mol. The SMILES string of the molecule is CCc1nn(Cc2ccccc2N=C([O-])OC(=O)[O-])c(CC)c1Cc1cc(Cl)cc(Cl)c1. The maximum atomic E-state index is 11.7. The van der Waals surface area contributed by atoms with Crippen molar-refractivity contribution in [3.8, 4) is 0 Å². The number of rotatable bonds is 7. The van der Waals surface area contributed by atoms with Crippen molar-refractivity contribution in [3.63, 3.8) is 0 Å². The predicted molar refractivity (Wildman–Crippen MR) is 119 cm³/mol. The first kappa shape index (κ1) is 23.6. The molecule has 7 nitrogen and oxygen atoms in total. The second kappa shape index (κ2) is 10.5. The number of aryl methyl sites for hydroxylation is 1. The number of para-hydroxylation sites is 1. The Morgan fingerprint density at radius 3 is 2.41 bits per heavy atom. The van der Waals surface area contributed by atoms with Crippen molar-refractivity contribution in [2.75, 3.05) is 0 Å². The van der Waals surface area contributed by atoms with E-state index in [0.717, 1.165) is 35.4 Å². The molecule has 0 saturated carbocycles. The summed E-state index contributed by atoms with van der Waals surface area (Å²) >= 11 is 12.3. The summed E-state index contributed by atoms with van der Waals surface area (Å²) in [6.45, 7) is 4.44. The second-order valence-corrected chi connectivity index (χ2v) is 7.92. The summed E-state index contributed by atoms with van der Waals surface area (Å²) in [4.78, 5) is 14.2. The summed E-state index contributed by atoms with van der Waals surface area (Å²) < 4.78 is 5.87. The Morgan fingerprint density at radius 1 is 1.09 bits per heavy atom. The van der Waals surface area contributed by atoms with Crippen LogP contribution in [-0.2, 0) is 30.5 Å². The molecule has 0 radical (unpaired) electrons. The van der Waals surface area contributed by atoms with E-state index in [1.165, 1.54) is 0 Å². The summed E-state index contributed by atoms with van der Waals surface area (Å²) in [6, 6.07) is 12.4. The van der Waals surface area contributed by atoms with E-state index in [-0.39, 0.29) is 0 Å². The zero-order valence-electron chi connectivity index (χ0n) is 17.6. The number of benzene rings is 2. The Morgan fingerprint density at radius 2 is 1.78 bits per heavy atom. The zero-order chi connectivity index (χ0) is 23.3. The van der Waals surface area contributed by atoms with Crippen molar-refractivity contribution in [2.45, 2.75) is 39.7 Å². The highest BCUT2D eigenvalue weighted by Crippen LogP contribution is 2.27. The Hall–Kier alpha value is -3.03. The predicted octanol–water partition coefficient (Wildman–Crippen LogP) is 3.66. The van der Waals surface area contributed by atoms with Gasteiger partial charge in [0.1, 0.15) is 0 Å². The van der Waals surface area contributed by atoms with Gasteiger partial charge in [-0.1, -0.05) is 55.2 Å². The lowest BCUT2D eigenvalue weighted by atomic mass is 10.0. The van der Waals surface area contributed by atoms with E-state index < -0.39 is 12.2 Å². The molecule has 1 aromatic heterocycles. The van der Waals surface area contributed by atoms with E-state index in [1.54, 1.807) is 24.3 Å². The fraction of sp³-hybridized carbons (Fsp3) is 0.261. The Bertz CT molecular complexity index is 1140. The number of ether oxygens (including phenoxy) is 1. The van der Waals surface area contributed by atoms with Crippen LogP contribution < -0.4 is 10.2 Å². The highest BCUT2D eigenvalue weighted by molar-refractivity contribution is 6.34. The normalized spacial score (nSPS) is 11.6. The van der Waals surface area contributed by atoms with Gasteiger partial charge in [-0.25, -0.2) is 4.99 Å². The van der Waals surface area contributed by atoms with Crippen LogP contribution in [-0.4, -0.2) is 22.0 Å². The van der Waals surface area contributed by atoms with Crippen LogP contribution >= 0.6 is 23.2 Å². The molecular formula is C23H21Cl2N3O4-2. The molecule has 0 unspecified atom stereocenters. The number of halogens is 2. The van der Waals surface area contributed by atoms with Crippen LogP contribution in [0.1, 0.15) is 41.9 Å². The number of aliphatic imine (C=N–C) groups is 1. The molecule has 0 fully saturated rings. The molecule has 0 aliphatic rings. The van der Waals surface area contributed by atoms with Crippen LogP contribution in [0.3, 0.4) is 0 Å². The van der Waals surface area contributed by atoms with Crippen LogP contribution in [0.2, 0.25) is 10.0 Å². The van der Waals surface area contributed by atoms with Gasteiger partial charge in [0.2, 0.25) is 0 Å². The minimum Gasteiger partial charge on any atom is -0.521 e. The van der Waals surface area contributed by atoms with Gasteiger partial charge in [-0.3, -0.25) is 4.68 Å². The molecule has 3 aromatic rings. The van der Waals surface area contributed by atoms with Gasteiger partial charge in [0.15, 0.2) is 6.08 Å². The highest BCUT2D eigenvalue weighted by Gasteiger charge is 2.17. The zero-order valence-corrected chi connectivity index (χ0v) is 19.1. The maximum Gasteiger partial charge on any atom is 0.258 e. The molecular weight excluding hydrogens is 453 g/mol. The lowest BCUT2D eigenvalue weighted by molar-refractivity contribution is -0.297. The van der Waals surface area contributed by atoms with Gasteiger partial charge in [-0.05, 0) is 48.2 Å². The number of nitrogens with zero attached hydrogens (tertiary/aromatic N) is 3. The number of aromatic nitrogens is 2. The van der Waals surface area contributed by atoms with Gasteiger partial charge in [0.25, 0.3) is 6.16 Å². The Balaban J connectivity index is 1.97. The quantitative estimate of drug-likeness (QED) is 0.296. The summed E-state index contributed by atoms with van der Waals surface area (Å²) in [6.07, 6.45) is -1.08. The first-order valence-electron chi connectivity index (χ1n) is 10.1. The Labute approximate surface area is 195 Å². The molecule has 3 rings (SSSR count). The topological polar surface area (TPSA) is 103 Å². The minimum absolute atomic E-state index is 0.303. The van der Waals surface area contributed by atoms with Crippen molar-refractivity contribution in [3.05, 3.63) is 80.6 Å². The second-order valence-electron chi connectivity index (χ2n) is 7.05. The van der Waals surface area contributed by atoms with E-state index in [0.29, 0.717) is 34.3 Å². The van der Waals surface area contributed by atoms with Crippen molar-refractivity contribution < 1.29 is 19.7 Å². The summed E-state index contributed by atoms with van der Waals surface area (Å²) in [5.41, 5.74) is 5.11. The van der Waals surface area contributed by atoms with E-state index >= 15 is 0 Å². The number of hydrogen-bond donors (Lipinski definition) is 0. The number of carbonyl (C=O) groups excluding carboxylic acids is 1. The number of carbonyl (C=O) groups is 1. The smallest absolute Gasteiger partial charge is 0.258 e. The lowest BCUT2D eigenvalue weighted by Gasteiger charge is -2.12. The van der Waals surface area contributed by atoms with Gasteiger partial charge >= 0.3 is 0 Å². The van der Waals surface area contributed by atoms with Gasteiger partial charge in [-0.2, -0.15) is 5.10 Å². The van der Waals surface area contributed by atoms with Gasteiger partial charge in [0, 0.05) is 27.7 Å². The van der Waals surface area contributed by atoms with Crippen LogP contribution in [0, 0.1) is 0 Å². The van der Waals surface area contributed by atoms with E-state index in [4.69, 9.17) is 28.3 Å². The average molecular weight is 474 g/mol. The standard InChI is InChI=1S/C23H23Cl2N3O4/c1-3-19-18(11-14-9-16(24)12-17(25)10-14)21(4-2)28(27-19)13-15-7-5-6-8-20(15)26-22(29)32-23(30)31/h5-10,12H,3-4,11,13H2,1-2H3,(H,26,29)(H,30,31)/p-2. The number of hydrogen-bond acceptors (Lipinski definition) is 6. The largest absolute Gasteiger partial charge is 0.521 e. The molecule has 32 heavy (non-hydrogen) atoms. The Kier molecular flexibility index (Phi) is 7.77. The number of carboxylic acid groups (broad SMARTS) is 1. The molecule has 0 aliphatic carbocycles. The van der Waals surface area contributed by atoms with Crippen molar-refractivity contribution in [2.24, 2.45) is 4.99 Å². The minimum atomic E-state index is -1.95. The van der Waals surface area contributed by atoms with Crippen LogP contribution in [0.5, 0.6) is 0 Å². The molecule has 0 bridgehead atoms. The third-order valence-corrected chi connectivity index (χ3v) is 5.35.